The minimum absolute atomic E-state index is 0.217. The zero-order valence-corrected chi connectivity index (χ0v) is 21.8. The van der Waals surface area contributed by atoms with Gasteiger partial charge in [0.15, 0.2) is 0 Å². The number of carboxylic acid groups (broad SMARTS) is 1. The molecule has 0 aliphatic rings. The maximum Gasteiger partial charge on any atom is 0.412 e. The van der Waals surface area contributed by atoms with Gasteiger partial charge in [0.05, 0.1) is 29.8 Å². The molecule has 0 unspecified atom stereocenters. The van der Waals surface area contributed by atoms with Gasteiger partial charge in [0.1, 0.15) is 0 Å². The molecule has 5 nitrogen and oxygen atoms in total. The highest BCUT2D eigenvalue weighted by molar-refractivity contribution is 5.86. The van der Waals surface area contributed by atoms with Crippen LogP contribution in [0.1, 0.15) is 61.9 Å². The molecule has 0 saturated carbocycles. The lowest BCUT2D eigenvalue weighted by Crippen LogP contribution is -2.28. The number of carbonyl (C=O) groups is 1. The summed E-state index contributed by atoms with van der Waals surface area (Å²) in [6, 6.07) is 29.2. The van der Waals surface area contributed by atoms with Gasteiger partial charge in [-0.25, -0.2) is 9.78 Å². The molecular weight excluding hydrogens is 458 g/mol. The van der Waals surface area contributed by atoms with Crippen molar-refractivity contribution in [2.24, 2.45) is 4.99 Å². The van der Waals surface area contributed by atoms with E-state index in [2.05, 4.69) is 45.9 Å². The number of rotatable bonds is 8. The molecule has 0 saturated heterocycles. The fourth-order valence-corrected chi connectivity index (χ4v) is 4.42. The van der Waals surface area contributed by atoms with Crippen molar-refractivity contribution >= 4 is 23.7 Å². The minimum Gasteiger partial charge on any atom is -0.465 e. The van der Waals surface area contributed by atoms with E-state index in [1.807, 2.05) is 66.9 Å². The van der Waals surface area contributed by atoms with E-state index in [1.54, 1.807) is 12.1 Å². The summed E-state index contributed by atoms with van der Waals surface area (Å²) in [6.07, 6.45) is 0.826. The molecular formula is C32H33N3O2. The van der Waals surface area contributed by atoms with Gasteiger partial charge in [0.2, 0.25) is 0 Å². The third kappa shape index (κ3) is 6.12. The number of nitrogens with zero attached hydrogens (tertiary/aromatic N) is 3. The molecule has 0 fully saturated rings. The van der Waals surface area contributed by atoms with E-state index >= 15 is 0 Å². The molecule has 0 radical (unpaired) electrons. The van der Waals surface area contributed by atoms with Gasteiger partial charge < -0.3 is 5.11 Å². The monoisotopic (exact) mass is 491 g/mol. The molecule has 1 aromatic heterocycles. The molecule has 1 heterocycles. The van der Waals surface area contributed by atoms with Crippen LogP contribution >= 0.6 is 0 Å². The zero-order valence-electron chi connectivity index (χ0n) is 21.8. The highest BCUT2D eigenvalue weighted by Gasteiger charge is 2.17. The SMILES string of the molecule is CC(C)c1cccc(C(C)C)c1/N=C/c1cccc(-c2ccccc2CN(C(=O)O)c2ccccc2)n1. The molecule has 188 valence electrons. The van der Waals surface area contributed by atoms with Crippen molar-refractivity contribution in [1.82, 2.24) is 4.98 Å². The number of para-hydroxylation sites is 2. The van der Waals surface area contributed by atoms with Crippen molar-refractivity contribution in [1.29, 1.82) is 0 Å². The van der Waals surface area contributed by atoms with Gasteiger partial charge >= 0.3 is 6.09 Å². The Bertz CT molecular complexity index is 1370. The van der Waals surface area contributed by atoms with E-state index in [9.17, 15) is 9.90 Å². The Hall–Kier alpha value is -4.25. The third-order valence-electron chi connectivity index (χ3n) is 6.36. The smallest absolute Gasteiger partial charge is 0.412 e. The van der Waals surface area contributed by atoms with Crippen LogP contribution in [0.2, 0.25) is 0 Å². The molecule has 3 aromatic carbocycles. The maximum atomic E-state index is 12.1. The lowest BCUT2D eigenvalue weighted by atomic mass is 9.93. The Labute approximate surface area is 219 Å². The van der Waals surface area contributed by atoms with Crippen molar-refractivity contribution in [3.05, 3.63) is 113 Å². The zero-order chi connectivity index (χ0) is 26.4. The van der Waals surface area contributed by atoms with Crippen molar-refractivity contribution in [3.63, 3.8) is 0 Å². The number of benzene rings is 3. The summed E-state index contributed by atoms with van der Waals surface area (Å²) in [5.74, 6) is 0.720. The molecule has 5 heteroatoms. The highest BCUT2D eigenvalue weighted by atomic mass is 16.4. The predicted octanol–water partition coefficient (Wildman–Crippen LogP) is 8.43. The molecule has 0 spiro atoms. The van der Waals surface area contributed by atoms with Gasteiger partial charge in [-0.1, -0.05) is 94.4 Å². The summed E-state index contributed by atoms with van der Waals surface area (Å²) in [5.41, 5.74) is 7.38. The first kappa shape index (κ1) is 25.8. The van der Waals surface area contributed by atoms with Crippen LogP contribution in [0, 0.1) is 0 Å². The lowest BCUT2D eigenvalue weighted by molar-refractivity contribution is 0.201. The Balaban J connectivity index is 1.68. The van der Waals surface area contributed by atoms with Gasteiger partial charge in [0.25, 0.3) is 0 Å². The van der Waals surface area contributed by atoms with E-state index in [1.165, 1.54) is 16.0 Å². The standard InChI is InChI=1S/C32H33N3O2/c1-22(2)27-17-11-18-28(23(3)4)31(27)33-20-25-13-10-19-30(34-25)29-16-9-8-12-24(29)21-35(32(36)37)26-14-6-5-7-15-26/h5-20,22-23H,21H2,1-4H3,(H,36,37)/b33-20+. The van der Waals surface area contributed by atoms with Gasteiger partial charge in [-0.15, -0.1) is 0 Å². The van der Waals surface area contributed by atoms with E-state index in [0.29, 0.717) is 17.5 Å². The quantitative estimate of drug-likeness (QED) is 0.252. The molecule has 1 N–H and O–H groups in total. The first-order chi connectivity index (χ1) is 17.8. The largest absolute Gasteiger partial charge is 0.465 e. The highest BCUT2D eigenvalue weighted by Crippen LogP contribution is 2.34. The summed E-state index contributed by atoms with van der Waals surface area (Å²) in [4.78, 5) is 23.2. The van der Waals surface area contributed by atoms with Gasteiger partial charge in [-0.2, -0.15) is 0 Å². The normalized spacial score (nSPS) is 11.4. The second kappa shape index (κ2) is 11.7. The van der Waals surface area contributed by atoms with Crippen LogP contribution in [-0.4, -0.2) is 22.4 Å². The molecule has 0 aliphatic carbocycles. The van der Waals surface area contributed by atoms with Gasteiger partial charge in [0, 0.05) is 11.3 Å². The lowest BCUT2D eigenvalue weighted by Gasteiger charge is -2.21. The number of aliphatic imine (C=N–C) groups is 1. The van der Waals surface area contributed by atoms with E-state index in [0.717, 1.165) is 28.2 Å². The number of hydrogen-bond donors (Lipinski definition) is 1. The van der Waals surface area contributed by atoms with Crippen LogP contribution in [0.15, 0.2) is 96.0 Å². The molecule has 0 bridgehead atoms. The number of aromatic nitrogens is 1. The van der Waals surface area contributed by atoms with Crippen molar-refractivity contribution < 1.29 is 9.90 Å². The summed E-state index contributed by atoms with van der Waals surface area (Å²) < 4.78 is 0. The molecule has 37 heavy (non-hydrogen) atoms. The van der Waals surface area contributed by atoms with E-state index < -0.39 is 6.09 Å². The molecule has 4 rings (SSSR count). The average Bonchev–Trinajstić information content (AvgIpc) is 2.91. The average molecular weight is 492 g/mol. The number of hydrogen-bond acceptors (Lipinski definition) is 3. The number of anilines is 1. The maximum absolute atomic E-state index is 12.1. The second-order valence-electron chi connectivity index (χ2n) is 9.66. The Morgan fingerprint density at radius 3 is 2.11 bits per heavy atom. The van der Waals surface area contributed by atoms with Crippen molar-refractivity contribution in [2.75, 3.05) is 4.90 Å². The fourth-order valence-electron chi connectivity index (χ4n) is 4.42. The van der Waals surface area contributed by atoms with Crippen LogP contribution in [-0.2, 0) is 6.54 Å². The number of amides is 1. The third-order valence-corrected chi connectivity index (χ3v) is 6.36. The van der Waals surface area contributed by atoms with Crippen LogP contribution in [0.25, 0.3) is 11.3 Å². The minimum atomic E-state index is -1.00. The Morgan fingerprint density at radius 2 is 1.46 bits per heavy atom. The van der Waals surface area contributed by atoms with Crippen molar-refractivity contribution in [3.8, 4) is 11.3 Å². The molecule has 4 aromatic rings. The van der Waals surface area contributed by atoms with Crippen LogP contribution < -0.4 is 4.90 Å². The van der Waals surface area contributed by atoms with E-state index in [4.69, 9.17) is 9.98 Å². The van der Waals surface area contributed by atoms with Crippen molar-refractivity contribution in [2.45, 2.75) is 46.1 Å². The summed E-state index contributed by atoms with van der Waals surface area (Å²) in [6.45, 7) is 8.96. The summed E-state index contributed by atoms with van der Waals surface area (Å²) in [7, 11) is 0. The fraction of sp³-hybridized carbons (Fsp3) is 0.219. The first-order valence-electron chi connectivity index (χ1n) is 12.6. The number of pyridine rings is 1. The first-order valence-corrected chi connectivity index (χ1v) is 12.6. The van der Waals surface area contributed by atoms with Crippen LogP contribution in [0.4, 0.5) is 16.2 Å². The second-order valence-corrected chi connectivity index (χ2v) is 9.66. The molecule has 0 aliphatic heterocycles. The molecule has 0 atom stereocenters. The summed E-state index contributed by atoms with van der Waals surface area (Å²) >= 11 is 0. The predicted molar refractivity (Wildman–Crippen MR) is 152 cm³/mol. The Kier molecular flexibility index (Phi) is 8.14. The van der Waals surface area contributed by atoms with Crippen LogP contribution in [0.5, 0.6) is 0 Å². The van der Waals surface area contributed by atoms with Gasteiger partial charge in [-0.3, -0.25) is 9.89 Å². The topological polar surface area (TPSA) is 65.8 Å². The molecule has 1 amide bonds. The van der Waals surface area contributed by atoms with Gasteiger partial charge in [-0.05, 0) is 52.8 Å². The van der Waals surface area contributed by atoms with Crippen LogP contribution in [0.3, 0.4) is 0 Å². The Morgan fingerprint density at radius 1 is 0.838 bits per heavy atom. The van der Waals surface area contributed by atoms with E-state index in [-0.39, 0.29) is 6.54 Å². The summed E-state index contributed by atoms with van der Waals surface area (Å²) in [5, 5.41) is 9.89.